The molecule has 1 atom stereocenters. The fourth-order valence-electron chi connectivity index (χ4n) is 2.77. The predicted molar refractivity (Wildman–Crippen MR) is 131 cm³/mol. The molecule has 1 aromatic rings. The van der Waals surface area contributed by atoms with Gasteiger partial charge in [-0.25, -0.2) is 0 Å². The summed E-state index contributed by atoms with van der Waals surface area (Å²) in [4.78, 5) is 18.1. The van der Waals surface area contributed by atoms with Crippen LogP contribution >= 0.6 is 24.0 Å². The lowest BCUT2D eigenvalue weighted by Gasteiger charge is -2.18. The highest BCUT2D eigenvalue weighted by molar-refractivity contribution is 14.0. The summed E-state index contributed by atoms with van der Waals surface area (Å²) in [5.74, 6) is 1.53. The lowest BCUT2D eigenvalue weighted by atomic mass is 10.0. The third-order valence-corrected chi connectivity index (χ3v) is 4.16. The standard InChI is InChI=1S/C21H37N5O.HI/c1-16(2)9-7-10-17(3)24-21(22-4)23-14-18-11-8-12-19(13-18)25-20(27)15-26(5)6;/h8,11-13,16-17H,7,9-10,14-15H2,1-6H3,(H,25,27)(H2,22,23,24);1H. The minimum atomic E-state index is -0.0159. The van der Waals surface area contributed by atoms with Gasteiger partial charge in [0.25, 0.3) is 0 Å². The number of guanidine groups is 1. The second-order valence-electron chi connectivity index (χ2n) is 7.78. The van der Waals surface area contributed by atoms with E-state index in [0.717, 1.165) is 29.5 Å². The van der Waals surface area contributed by atoms with Crippen molar-refractivity contribution >= 4 is 41.5 Å². The SMILES string of the molecule is CN=C(NCc1cccc(NC(=O)CN(C)C)c1)NC(C)CCCC(C)C.I. The molecule has 0 aliphatic rings. The summed E-state index contributed by atoms with van der Waals surface area (Å²) in [6.45, 7) is 7.73. The molecule has 0 aromatic heterocycles. The van der Waals surface area contributed by atoms with Gasteiger partial charge in [0.05, 0.1) is 6.54 Å². The molecule has 0 bridgehead atoms. The van der Waals surface area contributed by atoms with Crippen molar-refractivity contribution in [2.45, 2.75) is 52.6 Å². The van der Waals surface area contributed by atoms with Gasteiger partial charge in [-0.1, -0.05) is 38.8 Å². The van der Waals surface area contributed by atoms with E-state index >= 15 is 0 Å². The number of rotatable bonds is 10. The summed E-state index contributed by atoms with van der Waals surface area (Å²) >= 11 is 0. The summed E-state index contributed by atoms with van der Waals surface area (Å²) in [7, 11) is 5.54. The average molecular weight is 503 g/mol. The topological polar surface area (TPSA) is 68.8 Å². The number of carbonyl (C=O) groups excluding carboxylic acids is 1. The number of carbonyl (C=O) groups is 1. The Balaban J connectivity index is 0.00000729. The van der Waals surface area contributed by atoms with E-state index in [1.54, 1.807) is 7.05 Å². The normalized spacial score (nSPS) is 12.5. The van der Waals surface area contributed by atoms with Crippen molar-refractivity contribution < 1.29 is 4.79 Å². The molecule has 6 nitrogen and oxygen atoms in total. The number of likely N-dealkylation sites (N-methyl/N-ethyl adjacent to an activating group) is 1. The summed E-state index contributed by atoms with van der Waals surface area (Å²) in [5, 5.41) is 9.71. The molecule has 0 aliphatic carbocycles. The summed E-state index contributed by atoms with van der Waals surface area (Å²) in [6.07, 6.45) is 3.61. The first kappa shape index (κ1) is 26.6. The van der Waals surface area contributed by atoms with Gasteiger partial charge >= 0.3 is 0 Å². The molecule has 0 radical (unpaired) electrons. The van der Waals surface area contributed by atoms with Gasteiger partial charge in [0.1, 0.15) is 0 Å². The van der Waals surface area contributed by atoms with E-state index in [1.807, 2.05) is 43.3 Å². The van der Waals surface area contributed by atoms with E-state index in [1.165, 1.54) is 12.8 Å². The Bertz CT molecular complexity index is 604. The van der Waals surface area contributed by atoms with Gasteiger partial charge < -0.3 is 20.9 Å². The molecule has 1 rings (SSSR count). The van der Waals surface area contributed by atoms with E-state index in [2.05, 4.69) is 41.7 Å². The van der Waals surface area contributed by atoms with Crippen LogP contribution in [0.15, 0.2) is 29.3 Å². The molecule has 7 heteroatoms. The predicted octanol–water partition coefficient (Wildman–Crippen LogP) is 3.68. The number of nitrogens with zero attached hydrogens (tertiary/aromatic N) is 2. The van der Waals surface area contributed by atoms with Gasteiger partial charge in [-0.2, -0.15) is 0 Å². The first-order chi connectivity index (χ1) is 12.8. The lowest BCUT2D eigenvalue weighted by Crippen LogP contribution is -2.41. The van der Waals surface area contributed by atoms with Gasteiger partial charge in [0.15, 0.2) is 5.96 Å². The number of benzene rings is 1. The molecule has 160 valence electrons. The van der Waals surface area contributed by atoms with Gasteiger partial charge in [0, 0.05) is 25.3 Å². The van der Waals surface area contributed by atoms with Crippen LogP contribution in [0.2, 0.25) is 0 Å². The molecule has 1 aromatic carbocycles. The third-order valence-electron chi connectivity index (χ3n) is 4.16. The number of halogens is 1. The van der Waals surface area contributed by atoms with Crippen LogP contribution < -0.4 is 16.0 Å². The smallest absolute Gasteiger partial charge is 0.238 e. The first-order valence-corrected chi connectivity index (χ1v) is 9.80. The van der Waals surface area contributed by atoms with Crippen molar-refractivity contribution in [1.29, 1.82) is 0 Å². The zero-order valence-corrected chi connectivity index (χ0v) is 20.5. The Morgan fingerprint density at radius 3 is 2.50 bits per heavy atom. The molecule has 1 unspecified atom stereocenters. The maximum absolute atomic E-state index is 11.9. The molecule has 28 heavy (non-hydrogen) atoms. The summed E-state index contributed by atoms with van der Waals surface area (Å²) in [5.41, 5.74) is 1.90. The van der Waals surface area contributed by atoms with Crippen LogP contribution in [0.25, 0.3) is 0 Å². The fourth-order valence-corrected chi connectivity index (χ4v) is 2.77. The largest absolute Gasteiger partial charge is 0.354 e. The second kappa shape index (κ2) is 14.6. The third kappa shape index (κ3) is 12.2. The zero-order valence-electron chi connectivity index (χ0n) is 18.2. The number of aliphatic imine (C=N–C) groups is 1. The quantitative estimate of drug-likeness (QED) is 0.259. The van der Waals surface area contributed by atoms with Gasteiger partial charge in [-0.15, -0.1) is 24.0 Å². The van der Waals surface area contributed by atoms with Gasteiger partial charge in [0.2, 0.25) is 5.91 Å². The van der Waals surface area contributed by atoms with E-state index in [9.17, 15) is 4.79 Å². The van der Waals surface area contributed by atoms with E-state index in [4.69, 9.17) is 0 Å². The van der Waals surface area contributed by atoms with Crippen LogP contribution in [0, 0.1) is 5.92 Å². The summed E-state index contributed by atoms with van der Waals surface area (Å²) < 4.78 is 0. The van der Waals surface area contributed by atoms with Crippen LogP contribution in [0.5, 0.6) is 0 Å². The Morgan fingerprint density at radius 2 is 1.89 bits per heavy atom. The number of hydrogen-bond donors (Lipinski definition) is 3. The highest BCUT2D eigenvalue weighted by atomic mass is 127. The molecule has 3 N–H and O–H groups in total. The van der Waals surface area contributed by atoms with Crippen LogP contribution in [0.1, 0.15) is 45.6 Å². The highest BCUT2D eigenvalue weighted by Gasteiger charge is 2.07. The van der Waals surface area contributed by atoms with Crippen molar-refractivity contribution in [3.8, 4) is 0 Å². The van der Waals surface area contributed by atoms with Crippen molar-refractivity contribution in [1.82, 2.24) is 15.5 Å². The van der Waals surface area contributed by atoms with Gasteiger partial charge in [-0.3, -0.25) is 9.79 Å². The number of nitrogens with one attached hydrogen (secondary N) is 3. The number of anilines is 1. The molecule has 0 saturated carbocycles. The minimum absolute atomic E-state index is 0. The molecule has 0 heterocycles. The maximum atomic E-state index is 11.9. The average Bonchev–Trinajstić information content (AvgIpc) is 2.57. The van der Waals surface area contributed by atoms with Crippen molar-refractivity contribution in [3.05, 3.63) is 29.8 Å². The first-order valence-electron chi connectivity index (χ1n) is 9.80. The minimum Gasteiger partial charge on any atom is -0.354 e. The number of hydrogen-bond acceptors (Lipinski definition) is 3. The fraction of sp³-hybridized carbons (Fsp3) is 0.619. The van der Waals surface area contributed by atoms with E-state index in [0.29, 0.717) is 19.1 Å². The molecule has 0 spiro atoms. The zero-order chi connectivity index (χ0) is 20.2. The van der Waals surface area contributed by atoms with Crippen LogP contribution in [-0.4, -0.2) is 50.5 Å². The van der Waals surface area contributed by atoms with Gasteiger partial charge in [-0.05, 0) is 51.1 Å². The van der Waals surface area contributed by atoms with Crippen molar-refractivity contribution in [2.24, 2.45) is 10.9 Å². The lowest BCUT2D eigenvalue weighted by molar-refractivity contribution is -0.116. The van der Waals surface area contributed by atoms with Crippen molar-refractivity contribution in [2.75, 3.05) is 33.0 Å². The van der Waals surface area contributed by atoms with E-state index < -0.39 is 0 Å². The Labute approximate surface area is 188 Å². The second-order valence-corrected chi connectivity index (χ2v) is 7.78. The molecule has 0 fully saturated rings. The monoisotopic (exact) mass is 503 g/mol. The molecule has 0 saturated heterocycles. The summed E-state index contributed by atoms with van der Waals surface area (Å²) in [6, 6.07) is 8.26. The Hall–Kier alpha value is -1.35. The Morgan fingerprint density at radius 1 is 1.18 bits per heavy atom. The van der Waals surface area contributed by atoms with Crippen LogP contribution in [0.3, 0.4) is 0 Å². The van der Waals surface area contributed by atoms with E-state index in [-0.39, 0.29) is 29.9 Å². The molecule has 0 aliphatic heterocycles. The Kier molecular flexibility index (Phi) is 13.9. The van der Waals surface area contributed by atoms with Crippen molar-refractivity contribution in [3.63, 3.8) is 0 Å². The molecular weight excluding hydrogens is 465 g/mol. The maximum Gasteiger partial charge on any atom is 0.238 e. The van der Waals surface area contributed by atoms with Crippen LogP contribution in [-0.2, 0) is 11.3 Å². The van der Waals surface area contributed by atoms with Crippen LogP contribution in [0.4, 0.5) is 5.69 Å². The molecular formula is C21H38IN5O. The highest BCUT2D eigenvalue weighted by Crippen LogP contribution is 2.11. The molecule has 1 amide bonds. The number of amides is 1.